The molecule has 0 radical (unpaired) electrons. The van der Waals surface area contributed by atoms with Crippen molar-refractivity contribution in [1.82, 2.24) is 5.32 Å². The van der Waals surface area contributed by atoms with E-state index in [1.54, 1.807) is 6.92 Å². The van der Waals surface area contributed by atoms with Gasteiger partial charge in [0.2, 0.25) is 0 Å². The molecule has 5 nitrogen and oxygen atoms in total. The molecule has 1 unspecified atom stereocenters. The SMILES string of the molecule is CC(CCNC(=O)c1ccc(O)cc1)C(=O)O. The number of carbonyl (C=O) groups is 2. The maximum Gasteiger partial charge on any atom is 0.306 e. The Balaban J connectivity index is 2.40. The third kappa shape index (κ3) is 4.14. The maximum absolute atomic E-state index is 11.6. The van der Waals surface area contributed by atoms with Gasteiger partial charge in [0.05, 0.1) is 5.92 Å². The molecule has 1 rings (SSSR count). The van der Waals surface area contributed by atoms with Gasteiger partial charge in [0, 0.05) is 12.1 Å². The van der Waals surface area contributed by atoms with Crippen LogP contribution in [-0.4, -0.2) is 28.6 Å². The Kier molecular flexibility index (Phi) is 4.51. The predicted molar refractivity (Wildman–Crippen MR) is 61.9 cm³/mol. The van der Waals surface area contributed by atoms with Crippen LogP contribution in [0.5, 0.6) is 5.75 Å². The molecule has 1 aromatic rings. The minimum absolute atomic E-state index is 0.0982. The first-order valence-corrected chi connectivity index (χ1v) is 5.30. The van der Waals surface area contributed by atoms with Crippen molar-refractivity contribution in [3.05, 3.63) is 29.8 Å². The molecule has 0 aliphatic carbocycles. The van der Waals surface area contributed by atoms with Crippen LogP contribution in [0.4, 0.5) is 0 Å². The number of carbonyl (C=O) groups excluding carboxylic acids is 1. The van der Waals surface area contributed by atoms with Gasteiger partial charge in [0.15, 0.2) is 0 Å². The van der Waals surface area contributed by atoms with E-state index in [-0.39, 0.29) is 11.7 Å². The Bertz CT molecular complexity index is 399. The monoisotopic (exact) mass is 237 g/mol. The van der Waals surface area contributed by atoms with E-state index < -0.39 is 11.9 Å². The zero-order valence-electron chi connectivity index (χ0n) is 9.51. The fourth-order valence-corrected chi connectivity index (χ4v) is 1.24. The lowest BCUT2D eigenvalue weighted by molar-refractivity contribution is -0.141. The highest BCUT2D eigenvalue weighted by molar-refractivity contribution is 5.94. The first-order chi connectivity index (χ1) is 8.00. The molecule has 0 aliphatic rings. The van der Waals surface area contributed by atoms with Crippen molar-refractivity contribution < 1.29 is 19.8 Å². The maximum atomic E-state index is 11.6. The number of phenolic OH excluding ortho intramolecular Hbond substituents is 1. The Morgan fingerprint density at radius 2 is 1.88 bits per heavy atom. The lowest BCUT2D eigenvalue weighted by atomic mass is 10.1. The van der Waals surface area contributed by atoms with Crippen LogP contribution < -0.4 is 5.32 Å². The van der Waals surface area contributed by atoms with E-state index in [0.29, 0.717) is 18.5 Å². The smallest absolute Gasteiger partial charge is 0.306 e. The van der Waals surface area contributed by atoms with Gasteiger partial charge in [-0.05, 0) is 30.7 Å². The van der Waals surface area contributed by atoms with Crippen LogP contribution in [0.25, 0.3) is 0 Å². The van der Waals surface area contributed by atoms with Crippen LogP contribution in [0.1, 0.15) is 23.7 Å². The molecule has 0 saturated carbocycles. The molecule has 92 valence electrons. The molecule has 1 atom stereocenters. The minimum Gasteiger partial charge on any atom is -0.508 e. The summed E-state index contributed by atoms with van der Waals surface area (Å²) in [6.07, 6.45) is 0.388. The number of benzene rings is 1. The standard InChI is InChI=1S/C12H15NO4/c1-8(12(16)17)6-7-13-11(15)9-2-4-10(14)5-3-9/h2-5,8,14H,6-7H2,1H3,(H,13,15)(H,16,17). The summed E-state index contributed by atoms with van der Waals surface area (Å²) in [4.78, 5) is 22.1. The zero-order valence-corrected chi connectivity index (χ0v) is 9.51. The Labute approximate surface area is 99.1 Å². The highest BCUT2D eigenvalue weighted by Crippen LogP contribution is 2.09. The van der Waals surface area contributed by atoms with Gasteiger partial charge in [-0.1, -0.05) is 6.92 Å². The Morgan fingerprint density at radius 3 is 2.41 bits per heavy atom. The van der Waals surface area contributed by atoms with Crippen molar-refractivity contribution in [2.24, 2.45) is 5.92 Å². The van der Waals surface area contributed by atoms with Crippen molar-refractivity contribution in [2.75, 3.05) is 6.54 Å². The summed E-state index contributed by atoms with van der Waals surface area (Å²) in [5.74, 6) is -1.53. The van der Waals surface area contributed by atoms with E-state index in [4.69, 9.17) is 10.2 Å². The number of hydrogen-bond donors (Lipinski definition) is 3. The molecule has 3 N–H and O–H groups in total. The molecule has 0 heterocycles. The Morgan fingerprint density at radius 1 is 1.29 bits per heavy atom. The van der Waals surface area contributed by atoms with Crippen molar-refractivity contribution in [1.29, 1.82) is 0 Å². The number of aromatic hydroxyl groups is 1. The molecule has 0 spiro atoms. The summed E-state index contributed by atoms with van der Waals surface area (Å²) in [7, 11) is 0. The number of amides is 1. The van der Waals surface area contributed by atoms with Gasteiger partial charge in [0.25, 0.3) is 5.91 Å². The second-order valence-electron chi connectivity index (χ2n) is 3.83. The summed E-state index contributed by atoms with van der Waals surface area (Å²) < 4.78 is 0. The van der Waals surface area contributed by atoms with Crippen molar-refractivity contribution in [2.45, 2.75) is 13.3 Å². The van der Waals surface area contributed by atoms with Gasteiger partial charge >= 0.3 is 5.97 Å². The van der Waals surface area contributed by atoms with E-state index in [1.807, 2.05) is 0 Å². The third-order valence-corrected chi connectivity index (χ3v) is 2.41. The van der Waals surface area contributed by atoms with Gasteiger partial charge in [-0.3, -0.25) is 9.59 Å². The van der Waals surface area contributed by atoms with Crippen molar-refractivity contribution >= 4 is 11.9 Å². The van der Waals surface area contributed by atoms with E-state index >= 15 is 0 Å². The molecule has 0 aliphatic heterocycles. The molecule has 0 fully saturated rings. The Hall–Kier alpha value is -2.04. The van der Waals surface area contributed by atoms with Crippen molar-refractivity contribution in [3.63, 3.8) is 0 Å². The van der Waals surface area contributed by atoms with Crippen LogP contribution in [0.2, 0.25) is 0 Å². The molecule has 5 heteroatoms. The molecular formula is C12H15NO4. The summed E-state index contributed by atoms with van der Waals surface area (Å²) in [6.45, 7) is 1.90. The molecular weight excluding hydrogens is 222 g/mol. The van der Waals surface area contributed by atoms with Gasteiger partial charge in [-0.2, -0.15) is 0 Å². The largest absolute Gasteiger partial charge is 0.508 e. The zero-order chi connectivity index (χ0) is 12.8. The predicted octanol–water partition coefficient (Wildman–Crippen LogP) is 1.23. The van der Waals surface area contributed by atoms with Crippen LogP contribution in [0, 0.1) is 5.92 Å². The van der Waals surface area contributed by atoms with Crippen molar-refractivity contribution in [3.8, 4) is 5.75 Å². The highest BCUT2D eigenvalue weighted by Gasteiger charge is 2.11. The molecule has 17 heavy (non-hydrogen) atoms. The average Bonchev–Trinajstić information content (AvgIpc) is 2.29. The second kappa shape index (κ2) is 5.89. The molecule has 1 aromatic carbocycles. The van der Waals surface area contributed by atoms with E-state index in [2.05, 4.69) is 5.32 Å². The van der Waals surface area contributed by atoms with Crippen LogP contribution in [-0.2, 0) is 4.79 Å². The molecule has 1 amide bonds. The van der Waals surface area contributed by atoms with Gasteiger partial charge in [-0.25, -0.2) is 0 Å². The van der Waals surface area contributed by atoms with Gasteiger partial charge < -0.3 is 15.5 Å². The first-order valence-electron chi connectivity index (χ1n) is 5.30. The average molecular weight is 237 g/mol. The number of carboxylic acids is 1. The minimum atomic E-state index is -0.871. The fraction of sp³-hybridized carbons (Fsp3) is 0.333. The van der Waals surface area contributed by atoms with Gasteiger partial charge in [-0.15, -0.1) is 0 Å². The summed E-state index contributed by atoms with van der Waals surface area (Å²) in [5, 5.41) is 20.3. The van der Waals surface area contributed by atoms with Crippen LogP contribution in [0.15, 0.2) is 24.3 Å². The van der Waals surface area contributed by atoms with Crippen LogP contribution >= 0.6 is 0 Å². The van der Waals surface area contributed by atoms with Gasteiger partial charge in [0.1, 0.15) is 5.75 Å². The number of aliphatic carboxylic acids is 1. The number of phenols is 1. The summed E-state index contributed by atoms with van der Waals surface area (Å²) in [5.41, 5.74) is 0.436. The number of hydrogen-bond acceptors (Lipinski definition) is 3. The van der Waals surface area contributed by atoms with E-state index in [0.717, 1.165) is 0 Å². The molecule has 0 bridgehead atoms. The first kappa shape index (κ1) is 13.0. The lowest BCUT2D eigenvalue weighted by Gasteiger charge is -2.07. The third-order valence-electron chi connectivity index (χ3n) is 2.41. The second-order valence-corrected chi connectivity index (χ2v) is 3.83. The number of carboxylic acid groups (broad SMARTS) is 1. The highest BCUT2D eigenvalue weighted by atomic mass is 16.4. The van der Waals surface area contributed by atoms with E-state index in [1.165, 1.54) is 24.3 Å². The summed E-state index contributed by atoms with van der Waals surface area (Å²) >= 11 is 0. The summed E-state index contributed by atoms with van der Waals surface area (Å²) in [6, 6.07) is 5.86. The topological polar surface area (TPSA) is 86.6 Å². The number of nitrogens with one attached hydrogen (secondary N) is 1. The fourth-order valence-electron chi connectivity index (χ4n) is 1.24. The molecule has 0 saturated heterocycles. The normalized spacial score (nSPS) is 11.8. The van der Waals surface area contributed by atoms with E-state index in [9.17, 15) is 9.59 Å². The lowest BCUT2D eigenvalue weighted by Crippen LogP contribution is -2.26. The molecule has 0 aromatic heterocycles. The van der Waals surface area contributed by atoms with Crippen LogP contribution in [0.3, 0.4) is 0 Å². The number of rotatable bonds is 5. The quantitative estimate of drug-likeness (QED) is 0.719.